The molecule has 1 aromatic carbocycles. The first-order valence-corrected chi connectivity index (χ1v) is 4.31. The molecule has 0 saturated carbocycles. The van der Waals surface area contributed by atoms with Gasteiger partial charge in [-0.3, -0.25) is 0 Å². The van der Waals surface area contributed by atoms with Crippen molar-refractivity contribution in [2.24, 2.45) is 0 Å². The fourth-order valence-corrected chi connectivity index (χ4v) is 0.822. The van der Waals surface area contributed by atoms with Crippen LogP contribution in [0.25, 0.3) is 6.08 Å². The summed E-state index contributed by atoms with van der Waals surface area (Å²) in [6.07, 6.45) is 1.95. The van der Waals surface area contributed by atoms with Crippen molar-refractivity contribution in [2.45, 2.75) is 13.8 Å². The lowest BCUT2D eigenvalue weighted by Crippen LogP contribution is -1.64. The molecule has 0 aliphatic rings. The zero-order valence-electron chi connectivity index (χ0n) is 6.99. The first-order chi connectivity index (χ1) is 5.43. The van der Waals surface area contributed by atoms with E-state index in [1.165, 1.54) is 5.56 Å². The van der Waals surface area contributed by atoms with E-state index in [-0.39, 0.29) is 0 Å². The van der Waals surface area contributed by atoms with Gasteiger partial charge in [-0.2, -0.15) is 12.6 Å². The van der Waals surface area contributed by atoms with E-state index in [9.17, 15) is 0 Å². The predicted molar refractivity (Wildman–Crippen MR) is 55.8 cm³/mol. The van der Waals surface area contributed by atoms with Crippen molar-refractivity contribution in [3.8, 4) is 0 Å². The first-order valence-electron chi connectivity index (χ1n) is 3.79. The van der Waals surface area contributed by atoms with Crippen LogP contribution >= 0.6 is 12.6 Å². The average molecular weight is 166 g/mol. The second-order valence-electron chi connectivity index (χ2n) is 1.73. The topological polar surface area (TPSA) is 0 Å². The van der Waals surface area contributed by atoms with E-state index < -0.39 is 0 Å². The fraction of sp³-hybridized carbons (Fsp3) is 0.200. The van der Waals surface area contributed by atoms with Crippen LogP contribution in [0.5, 0.6) is 0 Å². The van der Waals surface area contributed by atoms with E-state index in [0.717, 1.165) is 0 Å². The lowest BCUT2D eigenvalue weighted by Gasteiger charge is -1.86. The second kappa shape index (κ2) is 7.42. The Morgan fingerprint density at radius 1 is 1.09 bits per heavy atom. The summed E-state index contributed by atoms with van der Waals surface area (Å²) in [7, 11) is 0. The largest absolute Gasteiger partial charge is 0.151 e. The van der Waals surface area contributed by atoms with Gasteiger partial charge in [0.1, 0.15) is 0 Å². The molecule has 0 spiro atoms. The molecule has 0 saturated heterocycles. The van der Waals surface area contributed by atoms with Crippen LogP contribution in [0.2, 0.25) is 0 Å². The molecule has 1 heteroatoms. The highest BCUT2D eigenvalue weighted by Crippen LogP contribution is 2.00. The van der Waals surface area contributed by atoms with Crippen molar-refractivity contribution in [3.05, 3.63) is 41.3 Å². The Kier molecular flexibility index (Phi) is 6.95. The Bertz CT molecular complexity index is 189. The van der Waals surface area contributed by atoms with Gasteiger partial charge >= 0.3 is 0 Å². The quantitative estimate of drug-likeness (QED) is 0.605. The molecule has 0 bridgehead atoms. The van der Waals surface area contributed by atoms with Crippen LogP contribution in [0.3, 0.4) is 0 Å². The number of benzene rings is 1. The highest BCUT2D eigenvalue weighted by atomic mass is 32.1. The van der Waals surface area contributed by atoms with Crippen molar-refractivity contribution in [1.82, 2.24) is 0 Å². The summed E-state index contributed by atoms with van der Waals surface area (Å²) in [5.41, 5.74) is 1.19. The molecule has 11 heavy (non-hydrogen) atoms. The third-order valence-corrected chi connectivity index (χ3v) is 1.22. The van der Waals surface area contributed by atoms with Gasteiger partial charge in [-0.1, -0.05) is 44.2 Å². The molecular formula is C10H14S. The molecule has 0 aliphatic heterocycles. The van der Waals surface area contributed by atoms with Gasteiger partial charge in [-0.15, -0.1) is 0 Å². The minimum absolute atomic E-state index is 1.19. The van der Waals surface area contributed by atoms with Crippen molar-refractivity contribution < 1.29 is 0 Å². The number of hydrogen-bond acceptors (Lipinski definition) is 1. The summed E-state index contributed by atoms with van der Waals surface area (Å²) in [6.45, 7) is 4.00. The summed E-state index contributed by atoms with van der Waals surface area (Å²) >= 11 is 3.95. The third-order valence-electron chi connectivity index (χ3n) is 1.07. The molecule has 60 valence electrons. The molecule has 0 fully saturated rings. The van der Waals surface area contributed by atoms with Crippen LogP contribution in [0.1, 0.15) is 19.4 Å². The zero-order valence-corrected chi connectivity index (χ0v) is 7.88. The Labute approximate surface area is 74.4 Å². The molecule has 1 aromatic rings. The molecule has 0 unspecified atom stereocenters. The van der Waals surface area contributed by atoms with Gasteiger partial charge in [-0.25, -0.2) is 0 Å². The molecule has 0 atom stereocenters. The predicted octanol–water partition coefficient (Wildman–Crippen LogP) is 3.61. The van der Waals surface area contributed by atoms with Crippen LogP contribution in [-0.2, 0) is 0 Å². The van der Waals surface area contributed by atoms with Gasteiger partial charge in [-0.05, 0) is 17.0 Å². The van der Waals surface area contributed by atoms with Crippen LogP contribution in [0, 0.1) is 0 Å². The standard InChI is InChI=1S/C8H8S.C2H6/c9-7-6-8-4-2-1-3-5-8;1-2/h1-7,9H;1-2H3/b7-6-;. The van der Waals surface area contributed by atoms with E-state index in [1.807, 2.05) is 50.3 Å². The lowest BCUT2D eigenvalue weighted by atomic mass is 10.2. The number of hydrogen-bond donors (Lipinski definition) is 1. The molecule has 0 aliphatic carbocycles. The monoisotopic (exact) mass is 166 g/mol. The van der Waals surface area contributed by atoms with Crippen molar-refractivity contribution in [1.29, 1.82) is 0 Å². The first kappa shape index (κ1) is 10.3. The Morgan fingerprint density at radius 2 is 1.64 bits per heavy atom. The van der Waals surface area contributed by atoms with Crippen molar-refractivity contribution in [3.63, 3.8) is 0 Å². The van der Waals surface area contributed by atoms with E-state index in [2.05, 4.69) is 12.6 Å². The minimum atomic E-state index is 1.19. The third kappa shape index (κ3) is 4.68. The van der Waals surface area contributed by atoms with Gasteiger partial charge in [0.25, 0.3) is 0 Å². The van der Waals surface area contributed by atoms with Crippen molar-refractivity contribution >= 4 is 18.7 Å². The van der Waals surface area contributed by atoms with E-state index in [4.69, 9.17) is 0 Å². The smallest absolute Gasteiger partial charge is 0.0252 e. The summed E-state index contributed by atoms with van der Waals surface area (Å²) < 4.78 is 0. The fourth-order valence-electron chi connectivity index (χ4n) is 0.650. The molecule has 0 amide bonds. The molecule has 1 rings (SSSR count). The van der Waals surface area contributed by atoms with Crippen molar-refractivity contribution in [2.75, 3.05) is 0 Å². The number of rotatable bonds is 1. The molecule has 0 aromatic heterocycles. The summed E-state index contributed by atoms with van der Waals surface area (Å²) in [4.78, 5) is 0. The zero-order chi connectivity index (χ0) is 8.53. The normalized spacial score (nSPS) is 9.00. The van der Waals surface area contributed by atoms with Gasteiger partial charge in [0.05, 0.1) is 0 Å². The van der Waals surface area contributed by atoms with E-state index in [0.29, 0.717) is 0 Å². The molecule has 0 N–H and O–H groups in total. The van der Waals surface area contributed by atoms with Gasteiger partial charge in [0.2, 0.25) is 0 Å². The molecular weight excluding hydrogens is 152 g/mol. The lowest BCUT2D eigenvalue weighted by molar-refractivity contribution is 1.50. The molecule has 0 radical (unpaired) electrons. The molecule has 0 heterocycles. The summed E-state index contributed by atoms with van der Waals surface area (Å²) in [6, 6.07) is 10.1. The maximum absolute atomic E-state index is 3.95. The van der Waals surface area contributed by atoms with Gasteiger partial charge in [0.15, 0.2) is 0 Å². The van der Waals surface area contributed by atoms with Crippen LogP contribution in [0.4, 0.5) is 0 Å². The van der Waals surface area contributed by atoms with Gasteiger partial charge < -0.3 is 0 Å². The van der Waals surface area contributed by atoms with Crippen LogP contribution in [-0.4, -0.2) is 0 Å². The maximum atomic E-state index is 3.95. The van der Waals surface area contributed by atoms with Crippen LogP contribution in [0.15, 0.2) is 35.7 Å². The average Bonchev–Trinajstić information content (AvgIpc) is 2.11. The summed E-state index contributed by atoms with van der Waals surface area (Å²) in [5, 5.41) is 1.73. The minimum Gasteiger partial charge on any atom is -0.151 e. The molecule has 0 nitrogen and oxygen atoms in total. The Hall–Kier alpha value is -0.690. The Balaban J connectivity index is 0.000000461. The SMILES string of the molecule is CC.S/C=C\c1ccccc1. The van der Waals surface area contributed by atoms with E-state index >= 15 is 0 Å². The Morgan fingerprint density at radius 3 is 2.09 bits per heavy atom. The highest BCUT2D eigenvalue weighted by Gasteiger charge is 1.77. The number of thiol groups is 1. The van der Waals surface area contributed by atoms with Crippen LogP contribution < -0.4 is 0 Å². The van der Waals surface area contributed by atoms with E-state index in [1.54, 1.807) is 5.41 Å². The summed E-state index contributed by atoms with van der Waals surface area (Å²) in [5.74, 6) is 0. The second-order valence-corrected chi connectivity index (χ2v) is 2.02. The highest BCUT2D eigenvalue weighted by molar-refractivity contribution is 7.83. The van der Waals surface area contributed by atoms with Gasteiger partial charge in [0, 0.05) is 0 Å². The maximum Gasteiger partial charge on any atom is -0.0252 e.